The SMILES string of the molecule is CCn1c(-c2cccnc2COC)c(CC(C)(C)CO)c2cc(-c3csc(CC(NC(=O)OC(C)(C)C)C(=O)N4CCC[C@@H](C(=O)OC)N4)n3)ccc21. The van der Waals surface area contributed by atoms with Crippen molar-refractivity contribution in [2.75, 3.05) is 27.4 Å². The number of esters is 1. The molecule has 3 aromatic heterocycles. The molecule has 1 aliphatic heterocycles. The van der Waals surface area contributed by atoms with E-state index in [1.54, 1.807) is 34.1 Å². The lowest BCUT2D eigenvalue weighted by Gasteiger charge is -2.34. The highest BCUT2D eigenvalue weighted by Gasteiger charge is 2.34. The number of rotatable bonds is 13. The maximum atomic E-state index is 13.9. The van der Waals surface area contributed by atoms with E-state index in [1.165, 1.54) is 23.5 Å². The Hall–Kier alpha value is -4.37. The van der Waals surface area contributed by atoms with Crippen LogP contribution in [0.2, 0.25) is 0 Å². The van der Waals surface area contributed by atoms with Gasteiger partial charge in [-0.05, 0) is 82.2 Å². The smallest absolute Gasteiger partial charge is 0.408 e. The molecule has 13 nitrogen and oxygen atoms in total. The molecule has 4 aromatic rings. The lowest BCUT2D eigenvalue weighted by atomic mass is 9.84. The van der Waals surface area contributed by atoms with Crippen molar-refractivity contribution in [3.05, 3.63) is 58.2 Å². The second-order valence-electron chi connectivity index (χ2n) is 15.1. The van der Waals surface area contributed by atoms with E-state index >= 15 is 0 Å². The minimum atomic E-state index is -1.01. The number of fused-ring (bicyclic) bond motifs is 1. The van der Waals surface area contributed by atoms with Crippen LogP contribution < -0.4 is 10.7 Å². The number of ether oxygens (including phenoxy) is 3. The highest BCUT2D eigenvalue weighted by Crippen LogP contribution is 2.40. The Kier molecular flexibility index (Phi) is 12.6. The Morgan fingerprint density at radius 2 is 1.92 bits per heavy atom. The monoisotopic (exact) mass is 748 g/mol. The van der Waals surface area contributed by atoms with Gasteiger partial charge in [-0.1, -0.05) is 19.9 Å². The van der Waals surface area contributed by atoms with E-state index in [1.807, 2.05) is 17.5 Å². The van der Waals surface area contributed by atoms with Crippen LogP contribution in [0.15, 0.2) is 41.9 Å². The summed E-state index contributed by atoms with van der Waals surface area (Å²) in [6, 6.07) is 8.63. The summed E-state index contributed by atoms with van der Waals surface area (Å²) in [5.74, 6) is -0.864. The summed E-state index contributed by atoms with van der Waals surface area (Å²) in [6.45, 7) is 13.0. The fraction of sp³-hybridized carbons (Fsp3) is 0.513. The number of hydrazine groups is 1. The molecule has 1 unspecified atom stereocenters. The number of alkyl carbamates (subject to hydrolysis) is 1. The first kappa shape index (κ1) is 39.8. The zero-order valence-corrected chi connectivity index (χ0v) is 32.8. The zero-order valence-electron chi connectivity index (χ0n) is 31.9. The summed E-state index contributed by atoms with van der Waals surface area (Å²) < 4.78 is 18.2. The second kappa shape index (κ2) is 16.8. The van der Waals surface area contributed by atoms with Crippen LogP contribution >= 0.6 is 11.3 Å². The van der Waals surface area contributed by atoms with Gasteiger partial charge in [0.2, 0.25) is 0 Å². The number of aliphatic hydroxyl groups excluding tert-OH is 1. The van der Waals surface area contributed by atoms with Crippen molar-refractivity contribution >= 4 is 40.2 Å². The molecule has 0 saturated carbocycles. The van der Waals surface area contributed by atoms with Crippen LogP contribution in [-0.2, 0) is 49.8 Å². The molecule has 53 heavy (non-hydrogen) atoms. The number of thiazole rings is 1. The van der Waals surface area contributed by atoms with Crippen molar-refractivity contribution in [1.82, 2.24) is 30.3 Å². The first-order chi connectivity index (χ1) is 25.2. The number of aromatic nitrogens is 3. The number of carbonyl (C=O) groups excluding carboxylic acids is 3. The molecular formula is C39H52N6O7S. The molecule has 0 aliphatic carbocycles. The van der Waals surface area contributed by atoms with Gasteiger partial charge in [0, 0.05) is 66.8 Å². The standard InChI is InChI=1S/C39H52N6O7S/c1-9-44-32-15-14-24(18-26(32)27(20-39(5,6)23-46)34(44)25-12-10-16-40-30(25)21-50-7)31-22-53-33(41-31)19-29(42-37(49)52-38(2,3)4)35(47)45-17-11-13-28(43-45)36(48)51-8/h10,12,14-16,18,22,28-29,43,46H,9,11,13,17,19-21,23H2,1-8H3,(H,42,49)/t28-,29?/m0/s1. The molecule has 2 atom stereocenters. The quantitative estimate of drug-likeness (QED) is 0.146. The normalized spacial score (nSPS) is 15.7. The molecule has 1 saturated heterocycles. The molecule has 4 heterocycles. The van der Waals surface area contributed by atoms with Gasteiger partial charge in [-0.3, -0.25) is 19.6 Å². The van der Waals surface area contributed by atoms with E-state index in [9.17, 15) is 19.5 Å². The Labute approximate surface area is 315 Å². The molecular weight excluding hydrogens is 697 g/mol. The summed E-state index contributed by atoms with van der Waals surface area (Å²) in [7, 11) is 2.97. The van der Waals surface area contributed by atoms with E-state index < -0.39 is 41.1 Å². The van der Waals surface area contributed by atoms with E-state index in [2.05, 4.69) is 59.3 Å². The van der Waals surface area contributed by atoms with Gasteiger partial charge in [0.1, 0.15) is 17.7 Å². The van der Waals surface area contributed by atoms with E-state index in [0.29, 0.717) is 37.4 Å². The summed E-state index contributed by atoms with van der Waals surface area (Å²) in [5.41, 5.74) is 8.48. The van der Waals surface area contributed by atoms with Crippen LogP contribution in [0, 0.1) is 5.41 Å². The third kappa shape index (κ3) is 9.42. The van der Waals surface area contributed by atoms with Crippen molar-refractivity contribution < 1.29 is 33.7 Å². The number of aryl methyl sites for hydroxylation is 1. The van der Waals surface area contributed by atoms with Crippen molar-refractivity contribution in [2.45, 2.75) is 98.1 Å². The van der Waals surface area contributed by atoms with Crippen LogP contribution in [0.4, 0.5) is 4.79 Å². The topological polar surface area (TPSA) is 157 Å². The van der Waals surface area contributed by atoms with Crippen molar-refractivity contribution in [1.29, 1.82) is 0 Å². The molecule has 14 heteroatoms. The summed E-state index contributed by atoms with van der Waals surface area (Å²) in [6.07, 6.45) is 2.90. The van der Waals surface area contributed by atoms with Gasteiger partial charge >= 0.3 is 12.1 Å². The molecule has 0 radical (unpaired) electrons. The van der Waals surface area contributed by atoms with Crippen LogP contribution in [0.25, 0.3) is 33.4 Å². The first-order valence-corrected chi connectivity index (χ1v) is 18.8. The van der Waals surface area contributed by atoms with Crippen LogP contribution in [0.3, 0.4) is 0 Å². The lowest BCUT2D eigenvalue weighted by molar-refractivity contribution is -0.150. The molecule has 1 aliphatic rings. The Balaban J connectivity index is 1.51. The largest absolute Gasteiger partial charge is 0.468 e. The van der Waals surface area contributed by atoms with Gasteiger partial charge in [0.25, 0.3) is 5.91 Å². The molecule has 1 aromatic carbocycles. The van der Waals surface area contributed by atoms with Gasteiger partial charge in [-0.15, -0.1) is 11.3 Å². The summed E-state index contributed by atoms with van der Waals surface area (Å²) in [5, 5.41) is 18.1. The number of aliphatic hydroxyl groups is 1. The lowest BCUT2D eigenvalue weighted by Crippen LogP contribution is -2.60. The maximum Gasteiger partial charge on any atom is 0.408 e. The van der Waals surface area contributed by atoms with Gasteiger partial charge in [0.05, 0.1) is 35.8 Å². The zero-order chi connectivity index (χ0) is 38.5. The maximum absolute atomic E-state index is 13.9. The average Bonchev–Trinajstić information content (AvgIpc) is 3.72. The predicted molar refractivity (Wildman–Crippen MR) is 204 cm³/mol. The minimum Gasteiger partial charge on any atom is -0.468 e. The van der Waals surface area contributed by atoms with Crippen LogP contribution in [0.1, 0.15) is 70.6 Å². The van der Waals surface area contributed by atoms with Crippen molar-refractivity contribution in [2.24, 2.45) is 5.41 Å². The fourth-order valence-corrected chi connectivity index (χ4v) is 7.50. The molecule has 286 valence electrons. The first-order valence-electron chi connectivity index (χ1n) is 18.0. The molecule has 0 spiro atoms. The number of nitrogens with one attached hydrogen (secondary N) is 2. The number of nitrogens with zero attached hydrogens (tertiary/aromatic N) is 4. The minimum absolute atomic E-state index is 0.0197. The molecule has 5 rings (SSSR count). The highest BCUT2D eigenvalue weighted by molar-refractivity contribution is 7.10. The van der Waals surface area contributed by atoms with Gasteiger partial charge in [-0.25, -0.2) is 15.2 Å². The third-order valence-corrected chi connectivity index (χ3v) is 10.0. The van der Waals surface area contributed by atoms with Crippen LogP contribution in [0.5, 0.6) is 0 Å². The van der Waals surface area contributed by atoms with E-state index in [4.69, 9.17) is 19.2 Å². The van der Waals surface area contributed by atoms with Crippen molar-refractivity contribution in [3.8, 4) is 22.5 Å². The van der Waals surface area contributed by atoms with Gasteiger partial charge in [0.15, 0.2) is 0 Å². The number of hydrogen-bond donors (Lipinski definition) is 3. The van der Waals surface area contributed by atoms with Crippen LogP contribution in [-0.4, -0.2) is 87.7 Å². The number of benzene rings is 1. The van der Waals surface area contributed by atoms with Gasteiger partial charge in [-0.2, -0.15) is 0 Å². The second-order valence-corrected chi connectivity index (χ2v) is 16.0. The van der Waals surface area contributed by atoms with E-state index in [0.717, 1.165) is 51.2 Å². The van der Waals surface area contributed by atoms with Crippen molar-refractivity contribution in [3.63, 3.8) is 0 Å². The number of hydrogen-bond acceptors (Lipinski definition) is 11. The molecule has 2 amide bonds. The third-order valence-electron chi connectivity index (χ3n) is 9.15. The average molecular weight is 749 g/mol. The number of carbonyl (C=O) groups is 3. The number of methoxy groups -OCH3 is 2. The Morgan fingerprint density at radius 3 is 2.60 bits per heavy atom. The summed E-state index contributed by atoms with van der Waals surface area (Å²) in [4.78, 5) is 48.7. The summed E-state index contributed by atoms with van der Waals surface area (Å²) >= 11 is 1.40. The highest BCUT2D eigenvalue weighted by atomic mass is 32.1. The number of amides is 2. The number of pyridine rings is 1. The molecule has 0 bridgehead atoms. The molecule has 3 N–H and O–H groups in total. The fourth-order valence-electron chi connectivity index (χ4n) is 6.65. The van der Waals surface area contributed by atoms with Gasteiger partial charge < -0.3 is 29.2 Å². The van der Waals surface area contributed by atoms with E-state index in [-0.39, 0.29) is 13.0 Å². The molecule has 1 fully saturated rings. The predicted octanol–water partition coefficient (Wildman–Crippen LogP) is 5.66. The Bertz CT molecular complexity index is 1930. The Morgan fingerprint density at radius 1 is 1.15 bits per heavy atom.